The topological polar surface area (TPSA) is 17.1 Å². The van der Waals surface area contributed by atoms with Crippen LogP contribution >= 0.6 is 0 Å². The quantitative estimate of drug-likeness (QED) is 0.596. The molecular formula is C12H20O. The van der Waals surface area contributed by atoms with E-state index in [9.17, 15) is 4.79 Å². The zero-order chi connectivity index (χ0) is 10.1. The molecule has 0 aliphatic heterocycles. The highest BCUT2D eigenvalue weighted by atomic mass is 16.1. The van der Waals surface area contributed by atoms with E-state index in [0.717, 1.165) is 19.3 Å². The van der Waals surface area contributed by atoms with E-state index in [2.05, 4.69) is 27.4 Å². The second-order valence-electron chi connectivity index (χ2n) is 4.87. The lowest BCUT2D eigenvalue weighted by Crippen LogP contribution is -2.38. The molecule has 0 aromatic heterocycles. The van der Waals surface area contributed by atoms with E-state index in [0.29, 0.717) is 17.1 Å². The lowest BCUT2D eigenvalue weighted by Gasteiger charge is -2.41. The Morgan fingerprint density at radius 2 is 2.23 bits per heavy atom. The number of rotatable bonds is 2. The molecule has 0 aromatic carbocycles. The first-order valence-corrected chi connectivity index (χ1v) is 5.12. The molecule has 1 rings (SSSR count). The van der Waals surface area contributed by atoms with Gasteiger partial charge in [0.25, 0.3) is 0 Å². The van der Waals surface area contributed by atoms with Gasteiger partial charge in [0, 0.05) is 12.3 Å². The molecule has 1 aliphatic carbocycles. The average molecular weight is 180 g/mol. The van der Waals surface area contributed by atoms with Crippen molar-refractivity contribution in [1.82, 2.24) is 0 Å². The monoisotopic (exact) mass is 180 g/mol. The third kappa shape index (κ3) is 2.01. The van der Waals surface area contributed by atoms with Crippen LogP contribution in [0.2, 0.25) is 0 Å². The first kappa shape index (κ1) is 10.5. The zero-order valence-electron chi connectivity index (χ0n) is 8.97. The van der Waals surface area contributed by atoms with Crippen molar-refractivity contribution in [3.63, 3.8) is 0 Å². The fraction of sp³-hybridized carbons (Fsp3) is 0.750. The summed E-state index contributed by atoms with van der Waals surface area (Å²) >= 11 is 0. The van der Waals surface area contributed by atoms with Crippen molar-refractivity contribution in [2.24, 2.45) is 17.3 Å². The van der Waals surface area contributed by atoms with Gasteiger partial charge in [-0.25, -0.2) is 0 Å². The number of carbonyl (C=O) groups is 1. The standard InChI is InChI=1S/C12H20O/c1-5-6-10-9(2)11(13)7-8-12(10,3)4/h5,9-10H,1,6-8H2,2-4H3/t9-,10-/m1/s1. The molecule has 1 nitrogen and oxygen atoms in total. The minimum absolute atomic E-state index is 0.224. The molecule has 0 spiro atoms. The van der Waals surface area contributed by atoms with Gasteiger partial charge in [-0.3, -0.25) is 4.79 Å². The normalized spacial score (nSPS) is 33.0. The van der Waals surface area contributed by atoms with Crippen molar-refractivity contribution in [1.29, 1.82) is 0 Å². The predicted octanol–water partition coefficient (Wildman–Crippen LogP) is 3.20. The molecule has 0 N–H and O–H groups in total. The van der Waals surface area contributed by atoms with Crippen LogP contribution in [0.5, 0.6) is 0 Å². The summed E-state index contributed by atoms with van der Waals surface area (Å²) in [5.41, 5.74) is 0.307. The Hall–Kier alpha value is -0.590. The summed E-state index contributed by atoms with van der Waals surface area (Å²) in [7, 11) is 0. The maximum atomic E-state index is 11.5. The minimum atomic E-state index is 0.224. The van der Waals surface area contributed by atoms with E-state index in [4.69, 9.17) is 0 Å². The van der Waals surface area contributed by atoms with Gasteiger partial charge in [-0.1, -0.05) is 26.8 Å². The van der Waals surface area contributed by atoms with Gasteiger partial charge >= 0.3 is 0 Å². The first-order valence-electron chi connectivity index (χ1n) is 5.12. The van der Waals surface area contributed by atoms with E-state index >= 15 is 0 Å². The van der Waals surface area contributed by atoms with Gasteiger partial charge in [0.15, 0.2) is 0 Å². The number of hydrogen-bond donors (Lipinski definition) is 0. The maximum Gasteiger partial charge on any atom is 0.136 e. The van der Waals surface area contributed by atoms with Gasteiger partial charge in [-0.05, 0) is 24.2 Å². The lowest BCUT2D eigenvalue weighted by molar-refractivity contribution is -0.130. The molecule has 0 bridgehead atoms. The van der Waals surface area contributed by atoms with E-state index in [-0.39, 0.29) is 5.92 Å². The number of allylic oxidation sites excluding steroid dienone is 1. The Morgan fingerprint density at radius 3 is 2.77 bits per heavy atom. The summed E-state index contributed by atoms with van der Waals surface area (Å²) in [6.45, 7) is 10.4. The van der Waals surface area contributed by atoms with Gasteiger partial charge < -0.3 is 0 Å². The van der Waals surface area contributed by atoms with Crippen LogP contribution < -0.4 is 0 Å². The molecule has 1 heteroatoms. The molecule has 0 saturated heterocycles. The molecule has 1 aliphatic rings. The van der Waals surface area contributed by atoms with Gasteiger partial charge in [-0.15, -0.1) is 6.58 Å². The Bertz CT molecular complexity index is 215. The highest BCUT2D eigenvalue weighted by molar-refractivity contribution is 5.82. The number of ketones is 1. The van der Waals surface area contributed by atoms with Crippen LogP contribution in [0.1, 0.15) is 40.0 Å². The van der Waals surface area contributed by atoms with E-state index in [1.807, 2.05) is 6.08 Å². The van der Waals surface area contributed by atoms with Crippen molar-refractivity contribution >= 4 is 5.78 Å². The Morgan fingerprint density at radius 1 is 1.62 bits per heavy atom. The van der Waals surface area contributed by atoms with Crippen LogP contribution in [0.25, 0.3) is 0 Å². The van der Waals surface area contributed by atoms with E-state index < -0.39 is 0 Å². The van der Waals surface area contributed by atoms with Crippen LogP contribution in [0, 0.1) is 17.3 Å². The summed E-state index contributed by atoms with van der Waals surface area (Å²) in [5, 5.41) is 0. The van der Waals surface area contributed by atoms with Gasteiger partial charge in [0.2, 0.25) is 0 Å². The lowest BCUT2D eigenvalue weighted by atomic mass is 9.62. The van der Waals surface area contributed by atoms with Crippen LogP contribution in [-0.4, -0.2) is 5.78 Å². The van der Waals surface area contributed by atoms with Gasteiger partial charge in [-0.2, -0.15) is 0 Å². The average Bonchev–Trinajstić information content (AvgIpc) is 2.07. The summed E-state index contributed by atoms with van der Waals surface area (Å²) < 4.78 is 0. The Balaban J connectivity index is 2.81. The molecular weight excluding hydrogens is 160 g/mol. The molecule has 13 heavy (non-hydrogen) atoms. The first-order chi connectivity index (χ1) is 5.99. The van der Waals surface area contributed by atoms with Gasteiger partial charge in [0.1, 0.15) is 5.78 Å². The van der Waals surface area contributed by atoms with Crippen molar-refractivity contribution in [3.8, 4) is 0 Å². The molecule has 0 radical (unpaired) electrons. The fourth-order valence-electron chi connectivity index (χ4n) is 2.46. The number of Topliss-reactive ketones (excluding diaryl/α,β-unsaturated/α-hetero) is 1. The zero-order valence-corrected chi connectivity index (χ0v) is 8.97. The van der Waals surface area contributed by atoms with Crippen LogP contribution in [-0.2, 0) is 4.79 Å². The van der Waals surface area contributed by atoms with Crippen molar-refractivity contribution in [2.75, 3.05) is 0 Å². The second kappa shape index (κ2) is 3.65. The summed E-state index contributed by atoms with van der Waals surface area (Å²) in [4.78, 5) is 11.5. The highest BCUT2D eigenvalue weighted by Crippen LogP contribution is 2.44. The molecule has 1 saturated carbocycles. The van der Waals surface area contributed by atoms with Crippen LogP contribution in [0.4, 0.5) is 0 Å². The largest absolute Gasteiger partial charge is 0.299 e. The minimum Gasteiger partial charge on any atom is -0.299 e. The Labute approximate surface area is 81.2 Å². The molecule has 74 valence electrons. The SMILES string of the molecule is C=CC[C@@H]1[C@@H](C)C(=O)CCC1(C)C. The molecule has 2 atom stereocenters. The highest BCUT2D eigenvalue weighted by Gasteiger charge is 2.39. The molecule has 1 fully saturated rings. The molecule has 0 aromatic rings. The third-order valence-electron chi connectivity index (χ3n) is 3.55. The summed E-state index contributed by atoms with van der Waals surface area (Å²) in [6, 6.07) is 0. The van der Waals surface area contributed by atoms with E-state index in [1.165, 1.54) is 0 Å². The molecule has 0 unspecified atom stereocenters. The van der Waals surface area contributed by atoms with Crippen molar-refractivity contribution < 1.29 is 4.79 Å². The van der Waals surface area contributed by atoms with Crippen LogP contribution in [0.15, 0.2) is 12.7 Å². The maximum absolute atomic E-state index is 11.5. The van der Waals surface area contributed by atoms with Crippen molar-refractivity contribution in [2.45, 2.75) is 40.0 Å². The van der Waals surface area contributed by atoms with Crippen LogP contribution in [0.3, 0.4) is 0 Å². The smallest absolute Gasteiger partial charge is 0.136 e. The van der Waals surface area contributed by atoms with Gasteiger partial charge in [0.05, 0.1) is 0 Å². The molecule has 0 amide bonds. The molecule has 0 heterocycles. The summed E-state index contributed by atoms with van der Waals surface area (Å²) in [6.07, 6.45) is 4.72. The van der Waals surface area contributed by atoms with Crippen molar-refractivity contribution in [3.05, 3.63) is 12.7 Å². The predicted molar refractivity (Wildman–Crippen MR) is 55.5 cm³/mol. The second-order valence-corrected chi connectivity index (χ2v) is 4.87. The van der Waals surface area contributed by atoms with E-state index in [1.54, 1.807) is 0 Å². The number of hydrogen-bond acceptors (Lipinski definition) is 1. The number of carbonyl (C=O) groups excluding carboxylic acids is 1. The third-order valence-corrected chi connectivity index (χ3v) is 3.55. The summed E-state index contributed by atoms with van der Waals surface area (Å²) in [5.74, 6) is 1.15. The fourth-order valence-corrected chi connectivity index (χ4v) is 2.46. The Kier molecular flexibility index (Phi) is 2.94.